The van der Waals surface area contributed by atoms with Crippen LogP contribution in [-0.2, 0) is 17.8 Å². The second-order valence-electron chi connectivity index (χ2n) is 5.83. The molecule has 0 aliphatic carbocycles. The van der Waals surface area contributed by atoms with Gasteiger partial charge in [0, 0.05) is 26.3 Å². The third kappa shape index (κ3) is 9.63. The van der Waals surface area contributed by atoms with E-state index in [-0.39, 0.29) is 24.0 Å². The van der Waals surface area contributed by atoms with Crippen LogP contribution < -0.4 is 15.4 Å². The van der Waals surface area contributed by atoms with Crippen LogP contribution in [-0.4, -0.2) is 32.8 Å². The summed E-state index contributed by atoms with van der Waals surface area (Å²) in [4.78, 5) is 4.69. The summed E-state index contributed by atoms with van der Waals surface area (Å²) in [5, 5.41) is 6.77. The maximum Gasteiger partial charge on any atom is 0.191 e. The fourth-order valence-electron chi connectivity index (χ4n) is 2.38. The number of guanidine groups is 1. The molecule has 0 spiro atoms. The number of nitrogens with one attached hydrogen (secondary N) is 2. The number of nitrogens with zero attached hydrogens (tertiary/aromatic N) is 1. The van der Waals surface area contributed by atoms with Crippen LogP contribution in [0, 0.1) is 0 Å². The Labute approximate surface area is 179 Å². The van der Waals surface area contributed by atoms with Gasteiger partial charge in [-0.15, -0.1) is 24.0 Å². The average molecular weight is 483 g/mol. The van der Waals surface area contributed by atoms with Crippen LogP contribution in [0.1, 0.15) is 24.5 Å². The molecule has 0 unspecified atom stereocenters. The number of hydrogen-bond acceptors (Lipinski definition) is 3. The van der Waals surface area contributed by atoms with Crippen molar-refractivity contribution in [3.63, 3.8) is 0 Å². The number of ether oxygens (including phenoxy) is 2. The summed E-state index contributed by atoms with van der Waals surface area (Å²) >= 11 is 0. The minimum Gasteiger partial charge on any atom is -0.497 e. The zero-order chi connectivity index (χ0) is 18.5. The van der Waals surface area contributed by atoms with Crippen molar-refractivity contribution in [2.75, 3.05) is 26.9 Å². The molecule has 148 valence electrons. The van der Waals surface area contributed by atoms with Crippen LogP contribution in [0.15, 0.2) is 59.6 Å². The van der Waals surface area contributed by atoms with E-state index in [0.29, 0.717) is 13.1 Å². The summed E-state index contributed by atoms with van der Waals surface area (Å²) in [6.07, 6.45) is 0.947. The van der Waals surface area contributed by atoms with Crippen LogP contribution in [0.25, 0.3) is 0 Å². The summed E-state index contributed by atoms with van der Waals surface area (Å²) in [6.45, 7) is 5.69. The minimum absolute atomic E-state index is 0. The zero-order valence-electron chi connectivity index (χ0n) is 16.1. The molecular weight excluding hydrogens is 453 g/mol. The van der Waals surface area contributed by atoms with E-state index in [1.807, 2.05) is 37.3 Å². The molecule has 0 aliphatic rings. The Bertz CT molecular complexity index is 648. The zero-order valence-corrected chi connectivity index (χ0v) is 18.4. The van der Waals surface area contributed by atoms with Gasteiger partial charge in [-0.05, 0) is 36.6 Å². The van der Waals surface area contributed by atoms with Crippen molar-refractivity contribution >= 4 is 29.9 Å². The summed E-state index contributed by atoms with van der Waals surface area (Å²) < 4.78 is 10.6. The third-order valence-corrected chi connectivity index (χ3v) is 3.84. The molecule has 0 aliphatic heterocycles. The molecule has 0 saturated heterocycles. The molecule has 0 amide bonds. The molecule has 2 N–H and O–H groups in total. The molecule has 0 atom stereocenters. The highest BCUT2D eigenvalue weighted by Crippen LogP contribution is 2.10. The third-order valence-electron chi connectivity index (χ3n) is 3.84. The van der Waals surface area contributed by atoms with Crippen molar-refractivity contribution < 1.29 is 9.47 Å². The summed E-state index contributed by atoms with van der Waals surface area (Å²) in [7, 11) is 1.67. The van der Waals surface area contributed by atoms with E-state index in [2.05, 4.69) is 39.9 Å². The van der Waals surface area contributed by atoms with E-state index in [1.165, 1.54) is 11.1 Å². The lowest BCUT2D eigenvalue weighted by Gasteiger charge is -2.13. The van der Waals surface area contributed by atoms with Gasteiger partial charge in [0.1, 0.15) is 5.75 Å². The first-order chi connectivity index (χ1) is 12.8. The van der Waals surface area contributed by atoms with E-state index >= 15 is 0 Å². The highest BCUT2D eigenvalue weighted by molar-refractivity contribution is 14.0. The molecule has 0 aromatic heterocycles. The first-order valence-electron chi connectivity index (χ1n) is 9.08. The molecule has 2 aromatic rings. The van der Waals surface area contributed by atoms with Crippen molar-refractivity contribution in [2.24, 2.45) is 4.99 Å². The number of rotatable bonds is 10. The van der Waals surface area contributed by atoms with Gasteiger partial charge in [0.25, 0.3) is 0 Å². The van der Waals surface area contributed by atoms with Gasteiger partial charge in [-0.25, -0.2) is 4.99 Å². The van der Waals surface area contributed by atoms with Gasteiger partial charge >= 0.3 is 0 Å². The quantitative estimate of drug-likeness (QED) is 0.233. The summed E-state index contributed by atoms with van der Waals surface area (Å²) in [5.41, 5.74) is 2.36. The van der Waals surface area contributed by atoms with E-state index in [1.54, 1.807) is 7.11 Å². The average Bonchev–Trinajstić information content (AvgIpc) is 2.70. The maximum atomic E-state index is 5.38. The molecule has 0 saturated carbocycles. The molecule has 5 nitrogen and oxygen atoms in total. The highest BCUT2D eigenvalue weighted by atomic mass is 127. The van der Waals surface area contributed by atoms with E-state index < -0.39 is 0 Å². The van der Waals surface area contributed by atoms with Crippen LogP contribution in [0.3, 0.4) is 0 Å². The Balaban J connectivity index is 0.00000364. The molecule has 6 heteroatoms. The van der Waals surface area contributed by atoms with Gasteiger partial charge in [-0.3, -0.25) is 0 Å². The lowest BCUT2D eigenvalue weighted by molar-refractivity contribution is 0.145. The lowest BCUT2D eigenvalue weighted by Crippen LogP contribution is -2.37. The lowest BCUT2D eigenvalue weighted by atomic mass is 10.2. The minimum atomic E-state index is 0. The van der Waals surface area contributed by atoms with E-state index in [0.717, 1.165) is 37.9 Å². The second kappa shape index (κ2) is 14.3. The topological polar surface area (TPSA) is 54.9 Å². The van der Waals surface area contributed by atoms with E-state index in [9.17, 15) is 0 Å². The summed E-state index contributed by atoms with van der Waals surface area (Å²) in [5.74, 6) is 1.67. The van der Waals surface area contributed by atoms with Crippen molar-refractivity contribution in [1.82, 2.24) is 10.6 Å². The number of benzene rings is 2. The molecule has 0 heterocycles. The molecule has 2 aromatic carbocycles. The number of halogens is 1. The fourth-order valence-corrected chi connectivity index (χ4v) is 2.38. The molecule has 0 fully saturated rings. The number of methoxy groups -OCH3 is 1. The normalized spacial score (nSPS) is 10.8. The van der Waals surface area contributed by atoms with Gasteiger partial charge in [-0.1, -0.05) is 42.5 Å². The Morgan fingerprint density at radius 1 is 0.963 bits per heavy atom. The fraction of sp³-hybridized carbons (Fsp3) is 0.381. The molecule has 0 bridgehead atoms. The molecular formula is C21H30IN3O2. The van der Waals surface area contributed by atoms with Crippen LogP contribution in [0.2, 0.25) is 0 Å². The van der Waals surface area contributed by atoms with Gasteiger partial charge < -0.3 is 20.1 Å². The highest BCUT2D eigenvalue weighted by Gasteiger charge is 2.01. The molecule has 0 radical (unpaired) electrons. The Hall–Kier alpha value is -1.80. The van der Waals surface area contributed by atoms with Crippen molar-refractivity contribution in [2.45, 2.75) is 26.4 Å². The Morgan fingerprint density at radius 3 is 2.37 bits per heavy atom. The van der Waals surface area contributed by atoms with Gasteiger partial charge in [0.15, 0.2) is 5.96 Å². The molecule has 27 heavy (non-hydrogen) atoms. The van der Waals surface area contributed by atoms with Gasteiger partial charge in [-0.2, -0.15) is 0 Å². The largest absolute Gasteiger partial charge is 0.497 e. The van der Waals surface area contributed by atoms with Crippen LogP contribution in [0.4, 0.5) is 0 Å². The predicted molar refractivity (Wildman–Crippen MR) is 122 cm³/mol. The van der Waals surface area contributed by atoms with Gasteiger partial charge in [0.2, 0.25) is 0 Å². The first-order valence-corrected chi connectivity index (χ1v) is 9.08. The van der Waals surface area contributed by atoms with Gasteiger partial charge in [0.05, 0.1) is 13.7 Å². The van der Waals surface area contributed by atoms with Crippen LogP contribution >= 0.6 is 24.0 Å². The first kappa shape index (κ1) is 23.2. The second-order valence-corrected chi connectivity index (χ2v) is 5.83. The van der Waals surface area contributed by atoms with Crippen molar-refractivity contribution in [3.8, 4) is 5.75 Å². The monoisotopic (exact) mass is 483 g/mol. The van der Waals surface area contributed by atoms with E-state index in [4.69, 9.17) is 9.47 Å². The molecule has 2 rings (SSSR count). The SMILES string of the molecule is CCOCCCNC(=NCc1ccccc1)NCc1ccc(OC)cc1.I. The smallest absolute Gasteiger partial charge is 0.191 e. The number of aliphatic imine (C=N–C) groups is 1. The van der Waals surface area contributed by atoms with Crippen molar-refractivity contribution in [1.29, 1.82) is 0 Å². The van der Waals surface area contributed by atoms with Crippen LogP contribution in [0.5, 0.6) is 5.75 Å². The number of hydrogen-bond donors (Lipinski definition) is 2. The van der Waals surface area contributed by atoms with Crippen molar-refractivity contribution in [3.05, 3.63) is 65.7 Å². The maximum absolute atomic E-state index is 5.38. The Morgan fingerprint density at radius 2 is 1.70 bits per heavy atom. The Kier molecular flexibility index (Phi) is 12.3. The summed E-state index contributed by atoms with van der Waals surface area (Å²) in [6, 6.07) is 18.3. The predicted octanol–water partition coefficient (Wildman–Crippen LogP) is 3.98. The standard InChI is InChI=1S/C21H29N3O2.HI/c1-3-26-15-7-14-22-21(23-16-18-8-5-4-6-9-18)24-17-19-10-12-20(25-2)13-11-19;/h4-6,8-13H,3,7,14-17H2,1-2H3,(H2,22,23,24);1H.